The van der Waals surface area contributed by atoms with Crippen molar-refractivity contribution in [2.24, 2.45) is 5.92 Å². The number of aromatic hydroxyl groups is 1. The Morgan fingerprint density at radius 1 is 1.39 bits per heavy atom. The molecule has 1 aromatic heterocycles. The first-order chi connectivity index (χ1) is 10.9. The molecule has 4 nitrogen and oxygen atoms in total. The largest absolute Gasteiger partial charge is 0.508 e. The lowest BCUT2D eigenvalue weighted by Crippen LogP contribution is -2.15. The van der Waals surface area contributed by atoms with E-state index in [2.05, 4.69) is 30.4 Å². The maximum Gasteiger partial charge on any atom is 0.116 e. The van der Waals surface area contributed by atoms with Gasteiger partial charge in [-0.05, 0) is 63.2 Å². The van der Waals surface area contributed by atoms with Crippen LogP contribution in [0.2, 0.25) is 0 Å². The normalized spacial score (nSPS) is 20.0. The fraction of sp³-hybridized carbons (Fsp3) is 0.368. The molecule has 0 amide bonds. The number of nitrogens with zero attached hydrogens (tertiary/aromatic N) is 1. The van der Waals surface area contributed by atoms with Crippen LogP contribution < -0.4 is 5.73 Å². The number of hydrogen-bond acceptors (Lipinski definition) is 3. The third-order valence-corrected chi connectivity index (χ3v) is 4.94. The standard InChI is InChI=1S/C19H25N3O/c1-11(2)12(3)17(13-7-8-22(4)10-13)19-18(20)15-9-14(23)5-6-16(15)21-19/h5-6,9,13,21,23H,1,7-8,10,20H2,2-4H3/b17-12-. The highest BCUT2D eigenvalue weighted by Crippen LogP contribution is 2.40. The van der Waals surface area contributed by atoms with Crippen molar-refractivity contribution in [2.45, 2.75) is 20.3 Å². The van der Waals surface area contributed by atoms with Gasteiger partial charge in [0.1, 0.15) is 5.75 Å². The molecule has 1 aromatic carbocycles. The zero-order valence-corrected chi connectivity index (χ0v) is 14.1. The van der Waals surface area contributed by atoms with Crippen LogP contribution in [0.15, 0.2) is 35.9 Å². The van der Waals surface area contributed by atoms with Crippen molar-refractivity contribution in [2.75, 3.05) is 25.9 Å². The van der Waals surface area contributed by atoms with E-state index in [4.69, 9.17) is 5.73 Å². The third-order valence-electron chi connectivity index (χ3n) is 4.94. The Labute approximate surface area is 137 Å². The van der Waals surface area contributed by atoms with Crippen LogP contribution in [0.4, 0.5) is 5.69 Å². The second kappa shape index (κ2) is 5.78. The Kier molecular flexibility index (Phi) is 3.94. The second-order valence-corrected chi connectivity index (χ2v) is 6.71. The summed E-state index contributed by atoms with van der Waals surface area (Å²) in [5.74, 6) is 0.679. The van der Waals surface area contributed by atoms with E-state index >= 15 is 0 Å². The first-order valence-corrected chi connectivity index (χ1v) is 8.04. The molecule has 1 aliphatic rings. The molecule has 2 heterocycles. The van der Waals surface area contributed by atoms with Crippen molar-refractivity contribution >= 4 is 22.2 Å². The van der Waals surface area contributed by atoms with Gasteiger partial charge in [0, 0.05) is 23.4 Å². The first-order valence-electron chi connectivity index (χ1n) is 8.04. The fourth-order valence-electron chi connectivity index (χ4n) is 3.51. The quantitative estimate of drug-likeness (QED) is 0.756. The van der Waals surface area contributed by atoms with E-state index in [1.165, 1.54) is 11.1 Å². The number of fused-ring (bicyclic) bond motifs is 1. The van der Waals surface area contributed by atoms with Crippen molar-refractivity contribution < 1.29 is 5.11 Å². The second-order valence-electron chi connectivity index (χ2n) is 6.71. The zero-order chi connectivity index (χ0) is 16.7. The Balaban J connectivity index is 2.20. The molecule has 0 spiro atoms. The van der Waals surface area contributed by atoms with Crippen LogP contribution in [0.1, 0.15) is 26.0 Å². The summed E-state index contributed by atoms with van der Waals surface area (Å²) < 4.78 is 0. The summed E-state index contributed by atoms with van der Waals surface area (Å²) in [5, 5.41) is 10.6. The van der Waals surface area contributed by atoms with Crippen LogP contribution in [0.5, 0.6) is 5.75 Å². The molecule has 0 saturated carbocycles. The number of hydrogen-bond donors (Lipinski definition) is 3. The summed E-state index contributed by atoms with van der Waals surface area (Å²) in [6, 6.07) is 5.28. The van der Waals surface area contributed by atoms with Crippen LogP contribution in [0.25, 0.3) is 16.5 Å². The van der Waals surface area contributed by atoms with Crippen molar-refractivity contribution in [3.05, 3.63) is 41.6 Å². The van der Waals surface area contributed by atoms with E-state index in [9.17, 15) is 5.11 Å². The van der Waals surface area contributed by atoms with Crippen molar-refractivity contribution in [3.8, 4) is 5.75 Å². The summed E-state index contributed by atoms with van der Waals surface area (Å²) >= 11 is 0. The number of phenolic OH excluding ortho intramolecular Hbond substituents is 1. The Bertz CT molecular complexity index is 800. The van der Waals surface area contributed by atoms with Gasteiger partial charge in [-0.1, -0.05) is 12.2 Å². The summed E-state index contributed by atoms with van der Waals surface area (Å²) in [7, 11) is 2.15. The van der Waals surface area contributed by atoms with Crippen molar-refractivity contribution in [3.63, 3.8) is 0 Å². The number of rotatable bonds is 3. The summed E-state index contributed by atoms with van der Waals surface area (Å²) in [6.45, 7) is 10.4. The van der Waals surface area contributed by atoms with Crippen LogP contribution in [-0.4, -0.2) is 35.1 Å². The fourth-order valence-corrected chi connectivity index (χ4v) is 3.51. The minimum Gasteiger partial charge on any atom is -0.508 e. The predicted molar refractivity (Wildman–Crippen MR) is 97.4 cm³/mol. The number of phenols is 1. The maximum absolute atomic E-state index is 9.74. The SMILES string of the molecule is C=C(C)/C(C)=C(\c1[nH]c2ccc(O)cc2c1N)C1CCN(C)C1. The molecule has 122 valence electrons. The summed E-state index contributed by atoms with van der Waals surface area (Å²) in [6.07, 6.45) is 1.12. The van der Waals surface area contributed by atoms with Gasteiger partial charge in [-0.25, -0.2) is 0 Å². The molecule has 4 N–H and O–H groups in total. The number of nitrogens with two attached hydrogens (primary N) is 1. The molecule has 0 radical (unpaired) electrons. The smallest absolute Gasteiger partial charge is 0.116 e. The van der Waals surface area contributed by atoms with Gasteiger partial charge in [-0.2, -0.15) is 0 Å². The van der Waals surface area contributed by atoms with Gasteiger partial charge in [0.05, 0.1) is 11.4 Å². The van der Waals surface area contributed by atoms with E-state index in [1.807, 2.05) is 13.0 Å². The summed E-state index contributed by atoms with van der Waals surface area (Å²) in [4.78, 5) is 5.81. The molecule has 4 heteroatoms. The number of anilines is 1. The average Bonchev–Trinajstić information content (AvgIpc) is 3.05. The zero-order valence-electron chi connectivity index (χ0n) is 14.1. The molecular weight excluding hydrogens is 286 g/mol. The van der Waals surface area contributed by atoms with Gasteiger partial charge in [-0.15, -0.1) is 0 Å². The molecule has 1 aliphatic heterocycles. The van der Waals surface area contributed by atoms with E-state index in [0.29, 0.717) is 11.6 Å². The highest BCUT2D eigenvalue weighted by Gasteiger charge is 2.28. The molecule has 1 unspecified atom stereocenters. The summed E-state index contributed by atoms with van der Waals surface area (Å²) in [5.41, 5.74) is 12.6. The molecule has 2 aromatic rings. The minimum atomic E-state index is 0.234. The van der Waals surface area contributed by atoms with Gasteiger partial charge in [-0.3, -0.25) is 0 Å². The van der Waals surface area contributed by atoms with Crippen LogP contribution in [-0.2, 0) is 0 Å². The molecule has 0 bridgehead atoms. The van der Waals surface area contributed by atoms with Crippen LogP contribution >= 0.6 is 0 Å². The highest BCUT2D eigenvalue weighted by molar-refractivity contribution is 5.99. The Morgan fingerprint density at radius 2 is 2.13 bits per heavy atom. The van der Waals surface area contributed by atoms with Crippen LogP contribution in [0.3, 0.4) is 0 Å². The molecule has 1 fully saturated rings. The number of allylic oxidation sites excluding steroid dienone is 2. The molecular formula is C19H25N3O. The molecule has 23 heavy (non-hydrogen) atoms. The molecule has 3 rings (SSSR count). The highest BCUT2D eigenvalue weighted by atomic mass is 16.3. The number of nitrogen functional groups attached to an aromatic ring is 1. The third kappa shape index (κ3) is 2.75. The van der Waals surface area contributed by atoms with Gasteiger partial charge in [0.15, 0.2) is 0 Å². The van der Waals surface area contributed by atoms with E-state index in [-0.39, 0.29) is 5.75 Å². The molecule has 1 atom stereocenters. The topological polar surface area (TPSA) is 65.3 Å². The van der Waals surface area contributed by atoms with Gasteiger partial charge < -0.3 is 20.7 Å². The van der Waals surface area contributed by atoms with Crippen molar-refractivity contribution in [1.82, 2.24) is 9.88 Å². The lowest BCUT2D eigenvalue weighted by atomic mass is 9.88. The molecule has 1 saturated heterocycles. The van der Waals surface area contributed by atoms with Gasteiger partial charge in [0.2, 0.25) is 0 Å². The number of likely N-dealkylation sites (tertiary alicyclic amines) is 1. The predicted octanol–water partition coefficient (Wildman–Crippen LogP) is 3.76. The van der Waals surface area contributed by atoms with Crippen molar-refractivity contribution in [1.29, 1.82) is 0 Å². The number of benzene rings is 1. The first kappa shape index (κ1) is 15.7. The number of nitrogens with one attached hydrogen (secondary N) is 1. The number of aromatic nitrogens is 1. The van der Waals surface area contributed by atoms with Gasteiger partial charge >= 0.3 is 0 Å². The Morgan fingerprint density at radius 3 is 2.74 bits per heavy atom. The monoisotopic (exact) mass is 311 g/mol. The minimum absolute atomic E-state index is 0.234. The average molecular weight is 311 g/mol. The Hall–Kier alpha value is -2.20. The molecule has 0 aliphatic carbocycles. The lowest BCUT2D eigenvalue weighted by Gasteiger charge is -2.19. The van der Waals surface area contributed by atoms with Gasteiger partial charge in [0.25, 0.3) is 0 Å². The van der Waals surface area contributed by atoms with E-state index in [1.54, 1.807) is 12.1 Å². The maximum atomic E-state index is 9.74. The number of H-pyrrole nitrogens is 1. The van der Waals surface area contributed by atoms with E-state index < -0.39 is 0 Å². The lowest BCUT2D eigenvalue weighted by molar-refractivity contribution is 0.409. The van der Waals surface area contributed by atoms with E-state index in [0.717, 1.165) is 41.7 Å². The van der Waals surface area contributed by atoms with Crippen LogP contribution in [0, 0.1) is 5.92 Å². The number of aromatic amines is 1.